The van der Waals surface area contributed by atoms with Crippen LogP contribution in [0.4, 0.5) is 0 Å². The Morgan fingerprint density at radius 3 is 3.06 bits per heavy atom. The molecule has 0 spiro atoms. The highest BCUT2D eigenvalue weighted by molar-refractivity contribution is 7.98. The molecule has 1 heterocycles. The standard InChI is InChI=1S/C10H16N2O2S2/c1-15-5-3-2-4-11-6-8-7-16-9(12-8)10(13)14/h7,11H,2-6H2,1H3,(H,13,14). The fraction of sp³-hybridized carbons (Fsp3) is 0.600. The molecule has 0 amide bonds. The van der Waals surface area contributed by atoms with Crippen molar-refractivity contribution in [3.63, 3.8) is 0 Å². The lowest BCUT2D eigenvalue weighted by Gasteiger charge is -2.01. The maximum absolute atomic E-state index is 10.6. The van der Waals surface area contributed by atoms with Gasteiger partial charge in [0, 0.05) is 11.9 Å². The number of thioether (sulfide) groups is 1. The van der Waals surface area contributed by atoms with Gasteiger partial charge in [-0.3, -0.25) is 0 Å². The van der Waals surface area contributed by atoms with E-state index in [0.717, 1.165) is 18.7 Å². The number of aromatic nitrogens is 1. The second kappa shape index (κ2) is 7.65. The van der Waals surface area contributed by atoms with Gasteiger partial charge in [0.15, 0.2) is 0 Å². The highest BCUT2D eigenvalue weighted by Gasteiger charge is 2.07. The third kappa shape index (κ3) is 4.96. The van der Waals surface area contributed by atoms with Gasteiger partial charge in [0.1, 0.15) is 0 Å². The van der Waals surface area contributed by atoms with Crippen LogP contribution in [0.2, 0.25) is 0 Å². The number of rotatable bonds is 8. The number of nitrogens with zero attached hydrogens (tertiary/aromatic N) is 1. The van der Waals surface area contributed by atoms with Gasteiger partial charge in [0.05, 0.1) is 5.69 Å². The van der Waals surface area contributed by atoms with Crippen LogP contribution in [0, 0.1) is 0 Å². The zero-order valence-corrected chi connectivity index (χ0v) is 10.9. The molecule has 4 nitrogen and oxygen atoms in total. The average Bonchev–Trinajstić information content (AvgIpc) is 2.72. The van der Waals surface area contributed by atoms with Gasteiger partial charge in [-0.25, -0.2) is 9.78 Å². The first kappa shape index (κ1) is 13.5. The lowest BCUT2D eigenvalue weighted by molar-refractivity contribution is 0.0696. The van der Waals surface area contributed by atoms with Crippen molar-refractivity contribution in [3.8, 4) is 0 Å². The van der Waals surface area contributed by atoms with Crippen molar-refractivity contribution < 1.29 is 9.90 Å². The normalized spacial score (nSPS) is 10.6. The zero-order valence-electron chi connectivity index (χ0n) is 9.23. The molecule has 90 valence electrons. The molecule has 0 aliphatic carbocycles. The van der Waals surface area contributed by atoms with Crippen molar-refractivity contribution >= 4 is 29.1 Å². The third-order valence-corrected chi connectivity index (χ3v) is 3.57. The van der Waals surface area contributed by atoms with Gasteiger partial charge in [0.2, 0.25) is 5.01 Å². The molecule has 0 unspecified atom stereocenters. The first-order valence-corrected chi connectivity index (χ1v) is 7.38. The molecule has 0 bridgehead atoms. The second-order valence-corrected chi connectivity index (χ2v) is 5.17. The van der Waals surface area contributed by atoms with Gasteiger partial charge in [-0.05, 0) is 31.4 Å². The topological polar surface area (TPSA) is 62.2 Å². The van der Waals surface area contributed by atoms with Crippen LogP contribution in [0.3, 0.4) is 0 Å². The Morgan fingerprint density at radius 2 is 2.44 bits per heavy atom. The minimum absolute atomic E-state index is 0.166. The number of carboxylic acids is 1. The predicted octanol–water partition coefficient (Wildman–Crippen LogP) is 2.07. The van der Waals surface area contributed by atoms with E-state index in [9.17, 15) is 4.79 Å². The summed E-state index contributed by atoms with van der Waals surface area (Å²) in [5.41, 5.74) is 0.812. The van der Waals surface area contributed by atoms with Crippen LogP contribution in [0.1, 0.15) is 28.3 Å². The molecule has 0 atom stereocenters. The summed E-state index contributed by atoms with van der Waals surface area (Å²) in [5, 5.41) is 13.9. The van der Waals surface area contributed by atoms with E-state index in [4.69, 9.17) is 5.11 Å². The molecule has 0 aromatic carbocycles. The van der Waals surface area contributed by atoms with E-state index in [2.05, 4.69) is 16.6 Å². The largest absolute Gasteiger partial charge is 0.476 e. The summed E-state index contributed by atoms with van der Waals surface area (Å²) in [4.78, 5) is 14.6. The van der Waals surface area contributed by atoms with E-state index >= 15 is 0 Å². The molecular formula is C10H16N2O2S2. The molecule has 1 aromatic heterocycles. The first-order chi connectivity index (χ1) is 7.74. The van der Waals surface area contributed by atoms with Gasteiger partial charge in [-0.2, -0.15) is 11.8 Å². The summed E-state index contributed by atoms with van der Waals surface area (Å²) in [6.07, 6.45) is 4.47. The number of carbonyl (C=O) groups is 1. The van der Waals surface area contributed by atoms with Crippen LogP contribution in [-0.4, -0.2) is 34.6 Å². The molecule has 0 radical (unpaired) electrons. The maximum atomic E-state index is 10.6. The Hall–Kier alpha value is -0.590. The summed E-state index contributed by atoms with van der Waals surface area (Å²) in [5.74, 6) is 0.248. The van der Waals surface area contributed by atoms with E-state index in [1.54, 1.807) is 5.38 Å². The molecular weight excluding hydrogens is 244 g/mol. The molecule has 0 fully saturated rings. The Kier molecular flexibility index (Phi) is 6.44. The number of nitrogens with one attached hydrogen (secondary N) is 1. The molecule has 1 rings (SSSR count). The SMILES string of the molecule is CSCCCCNCc1csc(C(=O)O)n1. The number of unbranched alkanes of at least 4 members (excludes halogenated alkanes) is 1. The summed E-state index contributed by atoms with van der Waals surface area (Å²) in [7, 11) is 0. The average molecular weight is 260 g/mol. The van der Waals surface area contributed by atoms with Crippen molar-refractivity contribution in [2.45, 2.75) is 19.4 Å². The van der Waals surface area contributed by atoms with Gasteiger partial charge < -0.3 is 10.4 Å². The lowest BCUT2D eigenvalue weighted by Crippen LogP contribution is -2.15. The minimum atomic E-state index is -0.948. The first-order valence-electron chi connectivity index (χ1n) is 5.11. The van der Waals surface area contributed by atoms with E-state index in [-0.39, 0.29) is 5.01 Å². The van der Waals surface area contributed by atoms with Crippen LogP contribution in [-0.2, 0) is 6.54 Å². The minimum Gasteiger partial charge on any atom is -0.476 e. The number of aromatic carboxylic acids is 1. The van der Waals surface area contributed by atoms with Gasteiger partial charge in [-0.15, -0.1) is 11.3 Å². The summed E-state index contributed by atoms with van der Waals surface area (Å²) in [6.45, 7) is 1.61. The molecule has 0 saturated heterocycles. The molecule has 0 saturated carbocycles. The summed E-state index contributed by atoms with van der Waals surface area (Å²) in [6, 6.07) is 0. The maximum Gasteiger partial charge on any atom is 0.365 e. The number of thiazole rings is 1. The molecule has 0 aliphatic heterocycles. The Bertz CT molecular complexity index is 328. The molecule has 1 aromatic rings. The Morgan fingerprint density at radius 1 is 1.62 bits per heavy atom. The molecule has 0 aliphatic rings. The van der Waals surface area contributed by atoms with Crippen LogP contribution >= 0.6 is 23.1 Å². The highest BCUT2D eigenvalue weighted by Crippen LogP contribution is 2.09. The van der Waals surface area contributed by atoms with Crippen LogP contribution in [0.25, 0.3) is 0 Å². The van der Waals surface area contributed by atoms with Gasteiger partial charge in [0.25, 0.3) is 0 Å². The van der Waals surface area contributed by atoms with Crippen molar-refractivity contribution in [3.05, 3.63) is 16.1 Å². The summed E-state index contributed by atoms with van der Waals surface area (Å²) < 4.78 is 0. The third-order valence-electron chi connectivity index (χ3n) is 1.99. The fourth-order valence-corrected chi connectivity index (χ4v) is 2.35. The van der Waals surface area contributed by atoms with Crippen molar-refractivity contribution in [1.29, 1.82) is 0 Å². The zero-order chi connectivity index (χ0) is 11.8. The Balaban J connectivity index is 2.14. The smallest absolute Gasteiger partial charge is 0.365 e. The van der Waals surface area contributed by atoms with Crippen LogP contribution in [0.15, 0.2) is 5.38 Å². The molecule has 16 heavy (non-hydrogen) atoms. The number of hydrogen-bond acceptors (Lipinski definition) is 5. The second-order valence-electron chi connectivity index (χ2n) is 3.33. The Labute approximate surface area is 103 Å². The van der Waals surface area contributed by atoms with Crippen molar-refractivity contribution in [2.24, 2.45) is 0 Å². The van der Waals surface area contributed by atoms with Crippen molar-refractivity contribution in [2.75, 3.05) is 18.6 Å². The van der Waals surface area contributed by atoms with Crippen LogP contribution < -0.4 is 5.32 Å². The number of hydrogen-bond donors (Lipinski definition) is 2. The fourth-order valence-electron chi connectivity index (χ4n) is 1.20. The van der Waals surface area contributed by atoms with Gasteiger partial charge >= 0.3 is 5.97 Å². The quantitative estimate of drug-likeness (QED) is 0.701. The summed E-state index contributed by atoms with van der Waals surface area (Å²) >= 11 is 3.03. The van der Waals surface area contributed by atoms with E-state index in [0.29, 0.717) is 6.54 Å². The van der Waals surface area contributed by atoms with E-state index in [1.807, 2.05) is 11.8 Å². The van der Waals surface area contributed by atoms with Crippen LogP contribution in [0.5, 0.6) is 0 Å². The van der Waals surface area contributed by atoms with Crippen molar-refractivity contribution in [1.82, 2.24) is 10.3 Å². The monoisotopic (exact) mass is 260 g/mol. The highest BCUT2D eigenvalue weighted by atomic mass is 32.2. The van der Waals surface area contributed by atoms with Gasteiger partial charge in [-0.1, -0.05) is 0 Å². The number of carboxylic acid groups (broad SMARTS) is 1. The molecule has 2 N–H and O–H groups in total. The molecule has 6 heteroatoms. The predicted molar refractivity (Wildman–Crippen MR) is 68.4 cm³/mol. The lowest BCUT2D eigenvalue weighted by atomic mass is 10.3. The van der Waals surface area contributed by atoms with E-state index in [1.165, 1.54) is 23.5 Å². The van der Waals surface area contributed by atoms with E-state index < -0.39 is 5.97 Å².